The molecule has 0 aliphatic heterocycles. The lowest BCUT2D eigenvalue weighted by Crippen LogP contribution is -2.25. The van der Waals surface area contributed by atoms with Crippen molar-refractivity contribution >= 4 is 0 Å². The lowest BCUT2D eigenvalue weighted by molar-refractivity contribution is 0.483. The standard InChI is InChI=1S/C13H21NO/c1-9-4-5-13(6-9)14-8-12-7-10(2)15-11(12)3/h7,9,13-14H,4-6,8H2,1-3H3. The molecule has 1 N–H and O–H groups in total. The number of hydrogen-bond donors (Lipinski definition) is 1. The van der Waals surface area contributed by atoms with Gasteiger partial charge in [-0.1, -0.05) is 6.92 Å². The zero-order valence-electron chi connectivity index (χ0n) is 9.97. The van der Waals surface area contributed by atoms with Crippen LogP contribution in [0.4, 0.5) is 0 Å². The Morgan fingerprint density at radius 2 is 2.20 bits per heavy atom. The van der Waals surface area contributed by atoms with Crippen LogP contribution < -0.4 is 5.32 Å². The van der Waals surface area contributed by atoms with Gasteiger partial charge in [0.15, 0.2) is 0 Å². The molecule has 1 fully saturated rings. The quantitative estimate of drug-likeness (QED) is 0.823. The van der Waals surface area contributed by atoms with E-state index in [2.05, 4.69) is 18.3 Å². The molecule has 2 atom stereocenters. The van der Waals surface area contributed by atoms with E-state index in [1.807, 2.05) is 13.8 Å². The van der Waals surface area contributed by atoms with Gasteiger partial charge >= 0.3 is 0 Å². The topological polar surface area (TPSA) is 25.2 Å². The Morgan fingerprint density at radius 1 is 1.40 bits per heavy atom. The first kappa shape index (κ1) is 10.7. The Balaban J connectivity index is 1.85. The van der Waals surface area contributed by atoms with Gasteiger partial charge < -0.3 is 9.73 Å². The third-order valence-corrected chi connectivity index (χ3v) is 3.42. The molecule has 1 aliphatic rings. The molecule has 0 amide bonds. The van der Waals surface area contributed by atoms with Gasteiger partial charge in [0.1, 0.15) is 11.5 Å². The fourth-order valence-corrected chi connectivity index (χ4v) is 2.51. The summed E-state index contributed by atoms with van der Waals surface area (Å²) in [6.45, 7) is 7.35. The van der Waals surface area contributed by atoms with Gasteiger partial charge in [-0.15, -0.1) is 0 Å². The molecular weight excluding hydrogens is 186 g/mol. The van der Waals surface area contributed by atoms with Gasteiger partial charge in [-0.05, 0) is 45.1 Å². The minimum Gasteiger partial charge on any atom is -0.466 e. The highest BCUT2D eigenvalue weighted by Crippen LogP contribution is 2.25. The molecule has 0 radical (unpaired) electrons. The Labute approximate surface area is 92.1 Å². The van der Waals surface area contributed by atoms with Crippen LogP contribution >= 0.6 is 0 Å². The maximum absolute atomic E-state index is 5.51. The first-order chi connectivity index (χ1) is 7.15. The fraction of sp³-hybridized carbons (Fsp3) is 0.692. The van der Waals surface area contributed by atoms with Crippen LogP contribution in [0.1, 0.15) is 43.3 Å². The van der Waals surface area contributed by atoms with Crippen LogP contribution in [0.2, 0.25) is 0 Å². The average Bonchev–Trinajstić information content (AvgIpc) is 2.70. The molecule has 0 saturated heterocycles. The highest BCUT2D eigenvalue weighted by atomic mass is 16.3. The summed E-state index contributed by atoms with van der Waals surface area (Å²) in [5.41, 5.74) is 1.31. The molecule has 1 heterocycles. The SMILES string of the molecule is Cc1cc(CNC2CCC(C)C2)c(C)o1. The van der Waals surface area contributed by atoms with E-state index in [0.717, 1.165) is 30.0 Å². The Bertz CT molecular complexity index is 329. The van der Waals surface area contributed by atoms with Crippen LogP contribution in [0.15, 0.2) is 10.5 Å². The van der Waals surface area contributed by atoms with Gasteiger partial charge in [0.05, 0.1) is 0 Å². The van der Waals surface area contributed by atoms with Gasteiger partial charge in [-0.2, -0.15) is 0 Å². The first-order valence-electron chi connectivity index (χ1n) is 5.94. The monoisotopic (exact) mass is 207 g/mol. The molecule has 84 valence electrons. The van der Waals surface area contributed by atoms with Gasteiger partial charge in [0.2, 0.25) is 0 Å². The van der Waals surface area contributed by atoms with E-state index in [1.54, 1.807) is 0 Å². The lowest BCUT2D eigenvalue weighted by atomic mass is 10.1. The second-order valence-corrected chi connectivity index (χ2v) is 4.93. The van der Waals surface area contributed by atoms with Crippen molar-refractivity contribution in [2.45, 2.75) is 52.6 Å². The lowest BCUT2D eigenvalue weighted by Gasteiger charge is -2.11. The molecule has 1 saturated carbocycles. The summed E-state index contributed by atoms with van der Waals surface area (Å²) in [5.74, 6) is 2.98. The van der Waals surface area contributed by atoms with Crippen molar-refractivity contribution in [1.82, 2.24) is 5.32 Å². The summed E-state index contributed by atoms with van der Waals surface area (Å²) < 4.78 is 5.51. The zero-order chi connectivity index (χ0) is 10.8. The molecule has 2 nitrogen and oxygen atoms in total. The normalized spacial score (nSPS) is 26.1. The zero-order valence-corrected chi connectivity index (χ0v) is 9.97. The van der Waals surface area contributed by atoms with E-state index in [9.17, 15) is 0 Å². The predicted octanol–water partition coefficient (Wildman–Crippen LogP) is 3.17. The molecule has 1 aromatic rings. The van der Waals surface area contributed by atoms with Gasteiger partial charge in [0.25, 0.3) is 0 Å². The number of nitrogens with one attached hydrogen (secondary N) is 1. The third kappa shape index (κ3) is 2.63. The molecular formula is C13H21NO. The van der Waals surface area contributed by atoms with E-state index < -0.39 is 0 Å². The predicted molar refractivity (Wildman–Crippen MR) is 61.8 cm³/mol. The fourth-order valence-electron chi connectivity index (χ4n) is 2.51. The highest BCUT2D eigenvalue weighted by Gasteiger charge is 2.20. The first-order valence-corrected chi connectivity index (χ1v) is 5.94. The summed E-state index contributed by atoms with van der Waals surface area (Å²) in [4.78, 5) is 0. The smallest absolute Gasteiger partial charge is 0.105 e. The van der Waals surface area contributed by atoms with E-state index in [0.29, 0.717) is 0 Å². The summed E-state index contributed by atoms with van der Waals surface area (Å²) in [5, 5.41) is 3.62. The molecule has 1 aromatic heterocycles. The summed E-state index contributed by atoms with van der Waals surface area (Å²) in [6, 6.07) is 2.86. The van der Waals surface area contributed by atoms with Gasteiger partial charge in [-0.25, -0.2) is 0 Å². The van der Waals surface area contributed by atoms with E-state index in [1.165, 1.54) is 24.8 Å². The van der Waals surface area contributed by atoms with Crippen molar-refractivity contribution in [2.24, 2.45) is 5.92 Å². The minimum atomic E-state index is 0.717. The maximum atomic E-state index is 5.51. The maximum Gasteiger partial charge on any atom is 0.105 e. The van der Waals surface area contributed by atoms with Crippen LogP contribution in [-0.4, -0.2) is 6.04 Å². The minimum absolute atomic E-state index is 0.717. The average molecular weight is 207 g/mol. The molecule has 0 bridgehead atoms. The van der Waals surface area contributed by atoms with Crippen molar-refractivity contribution in [3.8, 4) is 0 Å². The molecule has 2 rings (SSSR count). The number of rotatable bonds is 3. The summed E-state index contributed by atoms with van der Waals surface area (Å²) in [6.07, 6.45) is 4.04. The molecule has 0 spiro atoms. The largest absolute Gasteiger partial charge is 0.466 e. The van der Waals surface area contributed by atoms with E-state index in [4.69, 9.17) is 4.42 Å². The molecule has 2 heteroatoms. The Hall–Kier alpha value is -0.760. The number of hydrogen-bond acceptors (Lipinski definition) is 2. The van der Waals surface area contributed by atoms with Crippen molar-refractivity contribution < 1.29 is 4.42 Å². The summed E-state index contributed by atoms with van der Waals surface area (Å²) in [7, 11) is 0. The second kappa shape index (κ2) is 4.40. The van der Waals surface area contributed by atoms with Crippen molar-refractivity contribution in [3.63, 3.8) is 0 Å². The molecule has 2 unspecified atom stereocenters. The van der Waals surface area contributed by atoms with Crippen LogP contribution in [0.3, 0.4) is 0 Å². The van der Waals surface area contributed by atoms with Crippen LogP contribution in [0.5, 0.6) is 0 Å². The van der Waals surface area contributed by atoms with Crippen LogP contribution in [-0.2, 0) is 6.54 Å². The van der Waals surface area contributed by atoms with E-state index >= 15 is 0 Å². The molecule has 0 aromatic carbocycles. The summed E-state index contributed by atoms with van der Waals surface area (Å²) >= 11 is 0. The number of aryl methyl sites for hydroxylation is 2. The van der Waals surface area contributed by atoms with Gasteiger partial charge in [-0.3, -0.25) is 0 Å². The number of furan rings is 1. The third-order valence-electron chi connectivity index (χ3n) is 3.42. The van der Waals surface area contributed by atoms with E-state index in [-0.39, 0.29) is 0 Å². The van der Waals surface area contributed by atoms with Crippen molar-refractivity contribution in [1.29, 1.82) is 0 Å². The Kier molecular flexibility index (Phi) is 3.15. The second-order valence-electron chi connectivity index (χ2n) is 4.93. The molecule has 15 heavy (non-hydrogen) atoms. The van der Waals surface area contributed by atoms with Crippen LogP contribution in [0, 0.1) is 19.8 Å². The van der Waals surface area contributed by atoms with Gasteiger partial charge in [0, 0.05) is 18.2 Å². The highest BCUT2D eigenvalue weighted by molar-refractivity contribution is 5.19. The van der Waals surface area contributed by atoms with Crippen molar-refractivity contribution in [3.05, 3.63) is 23.2 Å². The Morgan fingerprint density at radius 3 is 2.73 bits per heavy atom. The molecule has 1 aliphatic carbocycles. The van der Waals surface area contributed by atoms with Crippen LogP contribution in [0.25, 0.3) is 0 Å². The van der Waals surface area contributed by atoms with Crippen molar-refractivity contribution in [2.75, 3.05) is 0 Å².